The Labute approximate surface area is 166 Å². The molecule has 1 heterocycles. The Morgan fingerprint density at radius 3 is 2.45 bits per heavy atom. The van der Waals surface area contributed by atoms with Gasteiger partial charge in [0, 0.05) is 12.6 Å². The second-order valence-corrected chi connectivity index (χ2v) is 6.31. The van der Waals surface area contributed by atoms with E-state index >= 15 is 0 Å². The summed E-state index contributed by atoms with van der Waals surface area (Å²) in [6.07, 6.45) is 2.73. The lowest BCUT2D eigenvalue weighted by Gasteiger charge is -2.25. The van der Waals surface area contributed by atoms with Crippen molar-refractivity contribution in [3.8, 4) is 0 Å². The van der Waals surface area contributed by atoms with E-state index < -0.39 is 35.0 Å². The molecule has 1 atom stereocenters. The number of nitro groups is 1. The lowest BCUT2D eigenvalue weighted by atomic mass is 9.94. The third kappa shape index (κ3) is 3.92. The Hall–Kier alpha value is -3.78. The van der Waals surface area contributed by atoms with Crippen molar-refractivity contribution in [3.05, 3.63) is 93.2 Å². The van der Waals surface area contributed by atoms with Gasteiger partial charge >= 0.3 is 0 Å². The fraction of sp³-hybridized carbons (Fsp3) is 0.143. The van der Waals surface area contributed by atoms with Gasteiger partial charge in [-0.2, -0.15) is 0 Å². The summed E-state index contributed by atoms with van der Waals surface area (Å²) in [6.45, 7) is -0.629. The van der Waals surface area contributed by atoms with E-state index in [-0.39, 0.29) is 23.4 Å². The first kappa shape index (κ1) is 20.0. The number of nitrogens with zero attached hydrogens (tertiary/aromatic N) is 2. The predicted octanol–water partition coefficient (Wildman–Crippen LogP) is 2.57. The average Bonchev–Trinajstić information content (AvgIpc) is 2.98. The molecule has 0 aromatic heterocycles. The number of rotatable bonds is 7. The van der Waals surface area contributed by atoms with Crippen molar-refractivity contribution < 1.29 is 24.7 Å². The highest BCUT2D eigenvalue weighted by atomic mass is 16.6. The normalized spacial score (nSPS) is 16.7. The van der Waals surface area contributed by atoms with Crippen molar-refractivity contribution in [3.63, 3.8) is 0 Å². The minimum atomic E-state index is -1.18. The monoisotopic (exact) mass is 394 g/mol. The van der Waals surface area contributed by atoms with E-state index in [4.69, 9.17) is 0 Å². The Morgan fingerprint density at radius 1 is 1.14 bits per heavy atom. The molecular formula is C21H18N2O6. The summed E-state index contributed by atoms with van der Waals surface area (Å²) in [4.78, 5) is 37.3. The fourth-order valence-corrected chi connectivity index (χ4v) is 3.28. The first-order valence-electron chi connectivity index (χ1n) is 8.81. The van der Waals surface area contributed by atoms with Crippen LogP contribution in [0.4, 0.5) is 5.69 Å². The van der Waals surface area contributed by atoms with Crippen LogP contribution in [0.25, 0.3) is 6.08 Å². The summed E-state index contributed by atoms with van der Waals surface area (Å²) in [5, 5.41) is 31.2. The van der Waals surface area contributed by atoms with E-state index in [2.05, 4.69) is 0 Å². The van der Waals surface area contributed by atoms with Crippen LogP contribution in [0.3, 0.4) is 0 Å². The van der Waals surface area contributed by atoms with Gasteiger partial charge in [-0.3, -0.25) is 19.7 Å². The van der Waals surface area contributed by atoms with Gasteiger partial charge in [0.1, 0.15) is 0 Å². The molecule has 8 heteroatoms. The number of carbonyl (C=O) groups excluding carboxylic acids is 2. The summed E-state index contributed by atoms with van der Waals surface area (Å²) in [5.41, 5.74) is 0.268. The molecule has 0 fully saturated rings. The summed E-state index contributed by atoms with van der Waals surface area (Å²) in [7, 11) is 0. The highest BCUT2D eigenvalue weighted by Gasteiger charge is 2.44. The number of hydrogen-bond acceptors (Lipinski definition) is 6. The number of hydrogen-bond donors (Lipinski definition) is 2. The molecule has 0 unspecified atom stereocenters. The lowest BCUT2D eigenvalue weighted by Crippen LogP contribution is -2.33. The molecule has 8 nitrogen and oxygen atoms in total. The number of nitro benzene ring substituents is 1. The van der Waals surface area contributed by atoms with Crippen LogP contribution >= 0.6 is 0 Å². The van der Waals surface area contributed by atoms with Gasteiger partial charge in [0.25, 0.3) is 11.6 Å². The van der Waals surface area contributed by atoms with Crippen LogP contribution < -0.4 is 0 Å². The van der Waals surface area contributed by atoms with Crippen molar-refractivity contribution in [2.75, 3.05) is 13.2 Å². The fourth-order valence-electron chi connectivity index (χ4n) is 3.28. The summed E-state index contributed by atoms with van der Waals surface area (Å²) < 4.78 is 0. The first-order valence-corrected chi connectivity index (χ1v) is 8.81. The van der Waals surface area contributed by atoms with Crippen LogP contribution in [0.2, 0.25) is 0 Å². The largest absolute Gasteiger partial charge is 0.503 e. The molecule has 3 rings (SSSR count). The topological polar surface area (TPSA) is 121 Å². The lowest BCUT2D eigenvalue weighted by molar-refractivity contribution is -0.385. The van der Waals surface area contributed by atoms with Gasteiger partial charge < -0.3 is 15.1 Å². The summed E-state index contributed by atoms with van der Waals surface area (Å²) in [5.74, 6) is -2.29. The number of para-hydroxylation sites is 1. The first-order chi connectivity index (χ1) is 14.0. The van der Waals surface area contributed by atoms with Gasteiger partial charge in [0.2, 0.25) is 0 Å². The molecule has 148 valence electrons. The summed E-state index contributed by atoms with van der Waals surface area (Å²) in [6, 6.07) is 13.5. The van der Waals surface area contributed by atoms with E-state index in [1.165, 1.54) is 30.4 Å². The van der Waals surface area contributed by atoms with E-state index in [1.54, 1.807) is 30.3 Å². The minimum Gasteiger partial charge on any atom is -0.503 e. The zero-order valence-corrected chi connectivity index (χ0v) is 15.3. The smallest absolute Gasteiger partial charge is 0.290 e. The highest BCUT2D eigenvalue weighted by molar-refractivity contribution is 6.14. The molecule has 0 bridgehead atoms. The third-order valence-corrected chi connectivity index (χ3v) is 4.56. The van der Waals surface area contributed by atoms with Crippen molar-refractivity contribution in [2.45, 2.75) is 6.04 Å². The van der Waals surface area contributed by atoms with Crippen molar-refractivity contribution in [1.82, 2.24) is 4.90 Å². The Bertz CT molecular complexity index is 1010. The molecule has 1 aliphatic rings. The Kier molecular flexibility index (Phi) is 5.85. The minimum absolute atomic E-state index is 0.0832. The SMILES string of the molecule is O=C(/C=C/c1ccccc1)C1=C(O)C(=O)N(CCO)[C@@H]1c1ccccc1[N+](=O)[O-]. The molecule has 29 heavy (non-hydrogen) atoms. The molecule has 0 saturated heterocycles. The van der Waals surface area contributed by atoms with Crippen LogP contribution in [0.5, 0.6) is 0 Å². The Morgan fingerprint density at radius 2 is 1.79 bits per heavy atom. The average molecular weight is 394 g/mol. The maximum Gasteiger partial charge on any atom is 0.290 e. The van der Waals surface area contributed by atoms with Crippen LogP contribution in [0.15, 0.2) is 72.0 Å². The van der Waals surface area contributed by atoms with E-state index in [1.807, 2.05) is 6.07 Å². The molecule has 2 aromatic rings. The van der Waals surface area contributed by atoms with Crippen molar-refractivity contribution in [2.24, 2.45) is 0 Å². The van der Waals surface area contributed by atoms with Gasteiger partial charge in [-0.05, 0) is 17.7 Å². The van der Waals surface area contributed by atoms with Crippen LogP contribution in [0.1, 0.15) is 17.2 Å². The van der Waals surface area contributed by atoms with Crippen LogP contribution in [-0.4, -0.2) is 44.9 Å². The molecule has 0 radical (unpaired) electrons. The second-order valence-electron chi connectivity index (χ2n) is 6.31. The maximum absolute atomic E-state index is 12.9. The zero-order valence-electron chi connectivity index (χ0n) is 15.3. The number of amides is 1. The van der Waals surface area contributed by atoms with E-state index in [0.717, 1.165) is 10.5 Å². The molecule has 2 N–H and O–H groups in total. The highest BCUT2D eigenvalue weighted by Crippen LogP contribution is 2.41. The number of allylic oxidation sites excluding steroid dienone is 1. The standard InChI is InChI=1S/C21H18N2O6/c24-13-12-22-19(15-8-4-5-9-16(15)23(28)29)18(20(26)21(22)27)17(25)11-10-14-6-2-1-3-7-14/h1-11,19,24,26H,12-13H2/b11-10+/t19-/m1/s1. The number of aliphatic hydroxyl groups excluding tert-OH is 2. The predicted molar refractivity (Wildman–Crippen MR) is 105 cm³/mol. The van der Waals surface area contributed by atoms with Crippen LogP contribution in [-0.2, 0) is 9.59 Å². The van der Waals surface area contributed by atoms with Gasteiger partial charge in [-0.15, -0.1) is 0 Å². The van der Waals surface area contributed by atoms with Crippen molar-refractivity contribution >= 4 is 23.5 Å². The second kappa shape index (κ2) is 8.49. The molecule has 2 aromatic carbocycles. The van der Waals surface area contributed by atoms with Gasteiger partial charge in [-0.25, -0.2) is 0 Å². The maximum atomic E-state index is 12.9. The number of benzene rings is 2. The summed E-state index contributed by atoms with van der Waals surface area (Å²) >= 11 is 0. The van der Waals surface area contributed by atoms with Gasteiger partial charge in [-0.1, -0.05) is 48.5 Å². The quantitative estimate of drug-likeness (QED) is 0.423. The van der Waals surface area contributed by atoms with Crippen molar-refractivity contribution in [1.29, 1.82) is 0 Å². The van der Waals surface area contributed by atoms with Gasteiger partial charge in [0.05, 0.1) is 28.7 Å². The molecule has 1 amide bonds. The van der Waals surface area contributed by atoms with E-state index in [9.17, 15) is 29.9 Å². The van der Waals surface area contributed by atoms with Crippen LogP contribution in [0, 0.1) is 10.1 Å². The Balaban J connectivity index is 2.07. The number of β-amino-alcohol motifs (C(OH)–C–C–N with tert-alkyl or cyclic N) is 1. The molecule has 1 aliphatic heterocycles. The third-order valence-electron chi connectivity index (χ3n) is 4.56. The molecular weight excluding hydrogens is 376 g/mol. The number of carbonyl (C=O) groups is 2. The molecule has 0 spiro atoms. The van der Waals surface area contributed by atoms with Gasteiger partial charge in [0.15, 0.2) is 11.5 Å². The molecule has 0 saturated carbocycles. The number of ketones is 1. The zero-order chi connectivity index (χ0) is 21.0. The number of aliphatic hydroxyl groups is 2. The molecule has 0 aliphatic carbocycles. The van der Waals surface area contributed by atoms with E-state index in [0.29, 0.717) is 0 Å².